The molecule has 0 saturated carbocycles. The van der Waals surface area contributed by atoms with Crippen LogP contribution in [0.15, 0.2) is 24.3 Å². The van der Waals surface area contributed by atoms with E-state index in [4.69, 9.17) is 4.74 Å². The summed E-state index contributed by atoms with van der Waals surface area (Å²) >= 11 is 0. The molecule has 0 spiro atoms. The summed E-state index contributed by atoms with van der Waals surface area (Å²) in [5, 5.41) is 9.58. The minimum atomic E-state index is -0.112. The van der Waals surface area contributed by atoms with Crippen LogP contribution in [0.5, 0.6) is 0 Å². The van der Waals surface area contributed by atoms with Crippen molar-refractivity contribution in [1.29, 1.82) is 0 Å². The zero-order chi connectivity index (χ0) is 13.1. The monoisotopic (exact) mass is 262 g/mol. The van der Waals surface area contributed by atoms with Crippen molar-refractivity contribution in [3.8, 4) is 0 Å². The first-order valence-electron chi connectivity index (χ1n) is 7.19. The Balaban J connectivity index is 1.72. The van der Waals surface area contributed by atoms with E-state index in [9.17, 15) is 5.11 Å². The van der Waals surface area contributed by atoms with Gasteiger partial charge in [-0.15, -0.1) is 0 Å². The van der Waals surface area contributed by atoms with E-state index >= 15 is 0 Å². The summed E-state index contributed by atoms with van der Waals surface area (Å²) in [6.45, 7) is 5.49. The molecule has 0 radical (unpaired) electrons. The fourth-order valence-electron chi connectivity index (χ4n) is 2.83. The number of aliphatic hydroxyl groups is 1. The normalized spacial score (nSPS) is 21.7. The zero-order valence-corrected chi connectivity index (χ0v) is 11.3. The minimum absolute atomic E-state index is 0.112. The third-order valence-electron chi connectivity index (χ3n) is 4.04. The number of ether oxygens (including phenoxy) is 1. The van der Waals surface area contributed by atoms with Crippen molar-refractivity contribution in [2.75, 3.05) is 49.2 Å². The Morgan fingerprint density at radius 2 is 1.53 bits per heavy atom. The van der Waals surface area contributed by atoms with E-state index in [1.807, 2.05) is 0 Å². The minimum Gasteiger partial charge on any atom is -0.393 e. The van der Waals surface area contributed by atoms with Crippen LogP contribution in [0.1, 0.15) is 12.8 Å². The number of aliphatic hydroxyl groups excluding tert-OH is 1. The van der Waals surface area contributed by atoms with Crippen LogP contribution in [0.25, 0.3) is 0 Å². The van der Waals surface area contributed by atoms with E-state index < -0.39 is 0 Å². The predicted octanol–water partition coefficient (Wildman–Crippen LogP) is 1.48. The van der Waals surface area contributed by atoms with Crippen LogP contribution in [0.3, 0.4) is 0 Å². The molecule has 19 heavy (non-hydrogen) atoms. The lowest BCUT2D eigenvalue weighted by molar-refractivity contribution is 0.122. The van der Waals surface area contributed by atoms with Gasteiger partial charge in [0.05, 0.1) is 19.3 Å². The maximum absolute atomic E-state index is 9.58. The number of benzene rings is 1. The average molecular weight is 262 g/mol. The van der Waals surface area contributed by atoms with Gasteiger partial charge in [0.2, 0.25) is 0 Å². The fourth-order valence-corrected chi connectivity index (χ4v) is 2.83. The van der Waals surface area contributed by atoms with Gasteiger partial charge in [-0.25, -0.2) is 0 Å². The molecule has 0 aliphatic carbocycles. The molecule has 4 heteroatoms. The van der Waals surface area contributed by atoms with Gasteiger partial charge in [-0.05, 0) is 31.0 Å². The van der Waals surface area contributed by atoms with Gasteiger partial charge < -0.3 is 19.6 Å². The molecule has 0 bridgehead atoms. The van der Waals surface area contributed by atoms with Crippen LogP contribution in [0.2, 0.25) is 0 Å². The molecule has 1 N–H and O–H groups in total. The van der Waals surface area contributed by atoms with E-state index in [-0.39, 0.29) is 6.10 Å². The molecule has 4 nitrogen and oxygen atoms in total. The van der Waals surface area contributed by atoms with Crippen molar-refractivity contribution in [3.05, 3.63) is 24.3 Å². The summed E-state index contributed by atoms with van der Waals surface area (Å²) in [5.41, 5.74) is 2.56. The number of anilines is 2. The van der Waals surface area contributed by atoms with Gasteiger partial charge in [-0.3, -0.25) is 0 Å². The summed E-state index contributed by atoms with van der Waals surface area (Å²) in [6, 6.07) is 8.74. The molecule has 2 aliphatic rings. The van der Waals surface area contributed by atoms with E-state index in [1.165, 1.54) is 11.4 Å². The maximum atomic E-state index is 9.58. The van der Waals surface area contributed by atoms with Crippen LogP contribution in [-0.2, 0) is 4.74 Å². The average Bonchev–Trinajstić information content (AvgIpc) is 2.49. The lowest BCUT2D eigenvalue weighted by Crippen LogP contribution is -2.37. The molecule has 0 aromatic heterocycles. The molecule has 2 heterocycles. The van der Waals surface area contributed by atoms with Gasteiger partial charge in [0.15, 0.2) is 0 Å². The second kappa shape index (κ2) is 5.80. The Hall–Kier alpha value is -1.26. The highest BCUT2D eigenvalue weighted by atomic mass is 16.5. The van der Waals surface area contributed by atoms with Crippen molar-refractivity contribution in [2.45, 2.75) is 18.9 Å². The molecule has 104 valence electrons. The maximum Gasteiger partial charge on any atom is 0.0642 e. The molecule has 1 aromatic carbocycles. The number of rotatable bonds is 2. The van der Waals surface area contributed by atoms with Crippen molar-refractivity contribution < 1.29 is 9.84 Å². The van der Waals surface area contributed by atoms with E-state index in [0.29, 0.717) is 0 Å². The van der Waals surface area contributed by atoms with E-state index in [2.05, 4.69) is 34.1 Å². The Morgan fingerprint density at radius 3 is 2.16 bits per heavy atom. The van der Waals surface area contributed by atoms with Gasteiger partial charge in [-0.1, -0.05) is 6.07 Å². The van der Waals surface area contributed by atoms with Gasteiger partial charge in [-0.2, -0.15) is 0 Å². The summed E-state index contributed by atoms with van der Waals surface area (Å²) < 4.78 is 5.40. The second-order valence-corrected chi connectivity index (χ2v) is 5.34. The predicted molar refractivity (Wildman–Crippen MR) is 76.9 cm³/mol. The first-order valence-corrected chi connectivity index (χ1v) is 7.19. The standard InChI is InChI=1S/C15H22N2O2/c18-15-4-6-16(7-5-15)13-2-1-3-14(12-13)17-8-10-19-11-9-17/h1-3,12,15,18H,4-11H2. The Bertz CT molecular complexity index is 410. The number of morpholine rings is 1. The van der Waals surface area contributed by atoms with Crippen LogP contribution in [-0.4, -0.2) is 50.6 Å². The second-order valence-electron chi connectivity index (χ2n) is 5.34. The van der Waals surface area contributed by atoms with Crippen LogP contribution in [0, 0.1) is 0 Å². The molecular formula is C15H22N2O2. The molecular weight excluding hydrogens is 240 g/mol. The van der Waals surface area contributed by atoms with Gasteiger partial charge >= 0.3 is 0 Å². The highest BCUT2D eigenvalue weighted by Gasteiger charge is 2.18. The van der Waals surface area contributed by atoms with Gasteiger partial charge in [0, 0.05) is 37.6 Å². The molecule has 0 atom stereocenters. The molecule has 3 rings (SSSR count). The topological polar surface area (TPSA) is 35.9 Å². The van der Waals surface area contributed by atoms with Crippen molar-refractivity contribution >= 4 is 11.4 Å². The van der Waals surface area contributed by atoms with Gasteiger partial charge in [0.1, 0.15) is 0 Å². The van der Waals surface area contributed by atoms with E-state index in [1.54, 1.807) is 0 Å². The molecule has 1 aromatic rings. The van der Waals surface area contributed by atoms with Crippen LogP contribution in [0.4, 0.5) is 11.4 Å². The Labute approximate surface area is 114 Å². The highest BCUT2D eigenvalue weighted by Crippen LogP contribution is 2.25. The zero-order valence-electron chi connectivity index (χ0n) is 11.3. The lowest BCUT2D eigenvalue weighted by atomic mass is 10.1. The first kappa shape index (κ1) is 12.8. The summed E-state index contributed by atoms with van der Waals surface area (Å²) in [6.07, 6.45) is 1.64. The molecule has 0 unspecified atom stereocenters. The van der Waals surface area contributed by atoms with Gasteiger partial charge in [0.25, 0.3) is 0 Å². The third kappa shape index (κ3) is 3.01. The first-order chi connectivity index (χ1) is 9.33. The van der Waals surface area contributed by atoms with E-state index in [0.717, 1.165) is 52.2 Å². The fraction of sp³-hybridized carbons (Fsp3) is 0.600. The number of hydrogen-bond donors (Lipinski definition) is 1. The third-order valence-corrected chi connectivity index (χ3v) is 4.04. The summed E-state index contributed by atoms with van der Waals surface area (Å²) in [4.78, 5) is 4.75. The smallest absolute Gasteiger partial charge is 0.0642 e. The lowest BCUT2D eigenvalue weighted by Gasteiger charge is -2.33. The Kier molecular flexibility index (Phi) is 3.89. The summed E-state index contributed by atoms with van der Waals surface area (Å²) in [7, 11) is 0. The van der Waals surface area contributed by atoms with Crippen molar-refractivity contribution in [1.82, 2.24) is 0 Å². The number of piperidine rings is 1. The van der Waals surface area contributed by atoms with Crippen molar-refractivity contribution in [3.63, 3.8) is 0 Å². The highest BCUT2D eigenvalue weighted by molar-refractivity contribution is 5.59. The van der Waals surface area contributed by atoms with Crippen LogP contribution < -0.4 is 9.80 Å². The molecule has 2 fully saturated rings. The molecule has 0 amide bonds. The largest absolute Gasteiger partial charge is 0.393 e. The quantitative estimate of drug-likeness (QED) is 0.876. The van der Waals surface area contributed by atoms with Crippen molar-refractivity contribution in [2.24, 2.45) is 0 Å². The summed E-state index contributed by atoms with van der Waals surface area (Å²) in [5.74, 6) is 0. The number of nitrogens with zero attached hydrogens (tertiary/aromatic N) is 2. The SMILES string of the molecule is OC1CCN(c2cccc(N3CCOCC3)c2)CC1. The number of hydrogen-bond acceptors (Lipinski definition) is 4. The molecule has 2 saturated heterocycles. The molecule has 2 aliphatic heterocycles. The van der Waals surface area contributed by atoms with Crippen LogP contribution >= 0.6 is 0 Å². The Morgan fingerprint density at radius 1 is 0.947 bits per heavy atom.